The molecule has 1 amide bonds. The van der Waals surface area contributed by atoms with Crippen molar-refractivity contribution in [2.75, 3.05) is 30.9 Å². The lowest BCUT2D eigenvalue weighted by Crippen LogP contribution is -2.25. The number of aliphatic hydroxyl groups excluding tert-OH is 1. The van der Waals surface area contributed by atoms with Crippen LogP contribution in [0.5, 0.6) is 0 Å². The number of rotatable bonds is 9. The zero-order chi connectivity index (χ0) is 15.7. The average Bonchev–Trinajstić information content (AvgIpc) is 2.49. The second-order valence-electron chi connectivity index (χ2n) is 4.09. The van der Waals surface area contributed by atoms with Gasteiger partial charge in [0.2, 0.25) is 0 Å². The summed E-state index contributed by atoms with van der Waals surface area (Å²) in [5.74, 6) is 1.28. The highest BCUT2D eigenvalue weighted by atomic mass is 32.2. The van der Waals surface area contributed by atoms with E-state index in [1.807, 2.05) is 0 Å². The van der Waals surface area contributed by atoms with Gasteiger partial charge >= 0.3 is 0 Å². The van der Waals surface area contributed by atoms with Crippen molar-refractivity contribution in [2.45, 2.75) is 11.3 Å². The molecule has 0 bridgehead atoms. The van der Waals surface area contributed by atoms with Crippen molar-refractivity contribution in [1.82, 2.24) is 5.32 Å². The van der Waals surface area contributed by atoms with Crippen molar-refractivity contribution in [3.05, 3.63) is 33.9 Å². The van der Waals surface area contributed by atoms with E-state index in [0.29, 0.717) is 17.0 Å². The van der Waals surface area contributed by atoms with Gasteiger partial charge in [0.15, 0.2) is 0 Å². The number of carbonyl (C=O) groups excluding carboxylic acids is 1. The van der Waals surface area contributed by atoms with Crippen molar-refractivity contribution in [2.24, 2.45) is 0 Å². The Balaban J connectivity index is 2.54. The third-order valence-electron chi connectivity index (χ3n) is 2.62. The van der Waals surface area contributed by atoms with Crippen LogP contribution < -0.4 is 5.32 Å². The van der Waals surface area contributed by atoms with E-state index in [-0.39, 0.29) is 18.2 Å². The maximum absolute atomic E-state index is 11.9. The lowest BCUT2D eigenvalue weighted by atomic mass is 10.2. The number of benzene rings is 1. The molecule has 21 heavy (non-hydrogen) atoms. The lowest BCUT2D eigenvalue weighted by Gasteiger charge is -2.06. The second kappa shape index (κ2) is 9.64. The molecule has 1 rings (SSSR count). The molecule has 0 aliphatic carbocycles. The summed E-state index contributed by atoms with van der Waals surface area (Å²) < 4.78 is 0. The maximum atomic E-state index is 11.9. The number of nitrogens with zero attached hydrogens (tertiary/aromatic N) is 1. The van der Waals surface area contributed by atoms with E-state index < -0.39 is 4.92 Å². The third-order valence-corrected chi connectivity index (χ3v) is 4.47. The summed E-state index contributed by atoms with van der Waals surface area (Å²) in [6.07, 6.45) is 2.49. The van der Waals surface area contributed by atoms with Crippen molar-refractivity contribution < 1.29 is 14.8 Å². The van der Waals surface area contributed by atoms with E-state index in [9.17, 15) is 14.9 Å². The van der Waals surface area contributed by atoms with Crippen LogP contribution in [0.2, 0.25) is 0 Å². The number of aliphatic hydroxyl groups is 1. The first-order valence-electron chi connectivity index (χ1n) is 6.39. The molecule has 0 aliphatic rings. The number of amides is 1. The minimum absolute atomic E-state index is 0.0486. The highest BCUT2D eigenvalue weighted by molar-refractivity contribution is 7.99. The molecule has 1 aromatic carbocycles. The van der Waals surface area contributed by atoms with Gasteiger partial charge in [0, 0.05) is 30.5 Å². The number of nitrogens with one attached hydrogen (secondary N) is 1. The van der Waals surface area contributed by atoms with Gasteiger partial charge in [0.1, 0.15) is 0 Å². The van der Waals surface area contributed by atoms with Gasteiger partial charge in [-0.3, -0.25) is 14.9 Å². The molecule has 0 saturated heterocycles. The first kappa shape index (κ1) is 17.8. The molecular formula is C13H18N2O4S2. The molecular weight excluding hydrogens is 312 g/mol. The van der Waals surface area contributed by atoms with Gasteiger partial charge in [-0.25, -0.2) is 0 Å². The number of nitro benzene ring substituents is 1. The Morgan fingerprint density at radius 1 is 1.43 bits per heavy atom. The van der Waals surface area contributed by atoms with Crippen molar-refractivity contribution in [1.29, 1.82) is 0 Å². The molecule has 0 saturated carbocycles. The van der Waals surface area contributed by atoms with Crippen LogP contribution in [0.4, 0.5) is 5.69 Å². The number of hydrogen-bond donors (Lipinski definition) is 2. The molecule has 1 aromatic rings. The summed E-state index contributed by atoms with van der Waals surface area (Å²) in [5, 5.41) is 22.3. The van der Waals surface area contributed by atoms with Crippen molar-refractivity contribution in [3.8, 4) is 0 Å². The van der Waals surface area contributed by atoms with Crippen LogP contribution >= 0.6 is 23.5 Å². The lowest BCUT2D eigenvalue weighted by molar-refractivity contribution is -0.387. The van der Waals surface area contributed by atoms with Crippen LogP contribution in [-0.4, -0.2) is 46.9 Å². The minimum Gasteiger partial charge on any atom is -0.396 e. The summed E-state index contributed by atoms with van der Waals surface area (Å²) >= 11 is 2.92. The van der Waals surface area contributed by atoms with Crippen LogP contribution in [0, 0.1) is 10.1 Å². The highest BCUT2D eigenvalue weighted by Gasteiger charge is 2.16. The molecule has 0 aliphatic heterocycles. The molecule has 0 atom stereocenters. The van der Waals surface area contributed by atoms with Crippen LogP contribution in [0.3, 0.4) is 0 Å². The van der Waals surface area contributed by atoms with E-state index in [4.69, 9.17) is 5.11 Å². The Morgan fingerprint density at radius 3 is 2.81 bits per heavy atom. The third kappa shape index (κ3) is 5.94. The van der Waals surface area contributed by atoms with Gasteiger partial charge in [-0.15, -0.1) is 11.8 Å². The molecule has 0 radical (unpaired) electrons. The predicted octanol–water partition coefficient (Wildman–Crippen LogP) is 2.16. The van der Waals surface area contributed by atoms with Crippen LogP contribution in [-0.2, 0) is 0 Å². The van der Waals surface area contributed by atoms with E-state index >= 15 is 0 Å². The molecule has 116 valence electrons. The van der Waals surface area contributed by atoms with Crippen molar-refractivity contribution >= 4 is 35.1 Å². The molecule has 8 heteroatoms. The fourth-order valence-electron chi connectivity index (χ4n) is 1.58. The number of thioether (sulfide) groups is 2. The molecule has 0 aromatic heterocycles. The van der Waals surface area contributed by atoms with E-state index in [1.54, 1.807) is 30.2 Å². The number of carbonyl (C=O) groups is 1. The Morgan fingerprint density at radius 2 is 2.19 bits per heavy atom. The second-order valence-corrected chi connectivity index (χ2v) is 6.16. The summed E-state index contributed by atoms with van der Waals surface area (Å²) in [6.45, 7) is 0.665. The van der Waals surface area contributed by atoms with Crippen molar-refractivity contribution in [3.63, 3.8) is 0 Å². The predicted molar refractivity (Wildman–Crippen MR) is 86.2 cm³/mol. The minimum atomic E-state index is -0.479. The van der Waals surface area contributed by atoms with Gasteiger partial charge in [-0.05, 0) is 30.6 Å². The molecule has 2 N–H and O–H groups in total. The van der Waals surface area contributed by atoms with E-state index in [1.165, 1.54) is 17.8 Å². The molecule has 0 spiro atoms. The monoisotopic (exact) mass is 330 g/mol. The molecule has 0 fully saturated rings. The smallest absolute Gasteiger partial charge is 0.283 e. The first-order valence-corrected chi connectivity index (χ1v) is 8.77. The first-order chi connectivity index (χ1) is 10.1. The largest absolute Gasteiger partial charge is 0.396 e. The summed E-state index contributed by atoms with van der Waals surface area (Å²) in [6, 6.07) is 4.49. The highest BCUT2D eigenvalue weighted by Crippen LogP contribution is 2.28. The Kier molecular flexibility index (Phi) is 8.17. The Labute approximate surface area is 131 Å². The number of hydrogen-bond acceptors (Lipinski definition) is 6. The van der Waals surface area contributed by atoms with Crippen LogP contribution in [0.1, 0.15) is 16.8 Å². The fourth-order valence-corrected chi connectivity index (χ4v) is 2.91. The average molecular weight is 330 g/mol. The van der Waals surface area contributed by atoms with Gasteiger partial charge in [0.25, 0.3) is 11.6 Å². The SMILES string of the molecule is CSc1ccc(C(=O)NCCSCCCO)cc1[N+](=O)[O-]. The maximum Gasteiger partial charge on any atom is 0.283 e. The van der Waals surface area contributed by atoms with Gasteiger partial charge in [0.05, 0.1) is 9.82 Å². The zero-order valence-corrected chi connectivity index (χ0v) is 13.3. The van der Waals surface area contributed by atoms with Crippen LogP contribution in [0.15, 0.2) is 23.1 Å². The van der Waals surface area contributed by atoms with Gasteiger partial charge < -0.3 is 10.4 Å². The van der Waals surface area contributed by atoms with E-state index in [2.05, 4.69) is 5.32 Å². The standard InChI is InChI=1S/C13H18N2O4S2/c1-20-12-4-3-10(9-11(12)15(18)19)13(17)14-5-8-21-7-2-6-16/h3-4,9,16H,2,5-8H2,1H3,(H,14,17). The van der Waals surface area contributed by atoms with Gasteiger partial charge in [-0.2, -0.15) is 11.8 Å². The quantitative estimate of drug-likeness (QED) is 0.312. The Hall–Kier alpha value is -1.25. The molecule has 0 unspecified atom stereocenters. The summed E-state index contributed by atoms with van der Waals surface area (Å²) in [5.41, 5.74) is 0.243. The molecule has 0 heterocycles. The normalized spacial score (nSPS) is 10.4. The zero-order valence-electron chi connectivity index (χ0n) is 11.7. The molecule has 6 nitrogen and oxygen atoms in total. The number of nitro groups is 1. The Bertz CT molecular complexity index is 497. The summed E-state index contributed by atoms with van der Waals surface area (Å²) in [7, 11) is 0. The summed E-state index contributed by atoms with van der Waals surface area (Å²) in [4.78, 5) is 22.9. The van der Waals surface area contributed by atoms with Gasteiger partial charge in [-0.1, -0.05) is 0 Å². The van der Waals surface area contributed by atoms with E-state index in [0.717, 1.165) is 17.9 Å². The fraction of sp³-hybridized carbons (Fsp3) is 0.462. The van der Waals surface area contributed by atoms with Crippen LogP contribution in [0.25, 0.3) is 0 Å². The topological polar surface area (TPSA) is 92.5 Å².